The van der Waals surface area contributed by atoms with Crippen LogP contribution in [0.4, 0.5) is 0 Å². The highest BCUT2D eigenvalue weighted by Gasteiger charge is 2.25. The van der Waals surface area contributed by atoms with Gasteiger partial charge in [-0.05, 0) is 93.1 Å². The lowest BCUT2D eigenvalue weighted by Crippen LogP contribution is -2.12. The highest BCUT2D eigenvalue weighted by atomic mass is 16.3. The third kappa shape index (κ3) is 6.16. The van der Waals surface area contributed by atoms with Gasteiger partial charge in [0.15, 0.2) is 5.58 Å². The van der Waals surface area contributed by atoms with Crippen LogP contribution in [0.15, 0.2) is 162 Å². The summed E-state index contributed by atoms with van der Waals surface area (Å²) in [7, 11) is 0. The minimum absolute atomic E-state index is 0.0576. The van der Waals surface area contributed by atoms with Crippen LogP contribution in [0.25, 0.3) is 94.3 Å². The average Bonchev–Trinajstić information content (AvgIpc) is 3.82. The Balaban J connectivity index is 1.24. The molecule has 288 valence electrons. The van der Waals surface area contributed by atoms with E-state index in [0.717, 1.165) is 82.9 Å². The van der Waals surface area contributed by atoms with Crippen molar-refractivity contribution in [3.05, 3.63) is 169 Å². The summed E-state index contributed by atoms with van der Waals surface area (Å²) in [6.07, 6.45) is 1.89. The molecule has 0 aliphatic rings. The number of nitrogens with zero attached hydrogens (tertiary/aromatic N) is 3. The summed E-state index contributed by atoms with van der Waals surface area (Å²) in [5, 5.41) is 15.7. The van der Waals surface area contributed by atoms with Crippen LogP contribution in [0.1, 0.15) is 52.7 Å². The molecule has 0 spiro atoms. The maximum absolute atomic E-state index is 11.4. The number of aromatic hydroxyl groups is 1. The van der Waals surface area contributed by atoms with E-state index in [1.807, 2.05) is 24.4 Å². The summed E-state index contributed by atoms with van der Waals surface area (Å²) in [5.41, 5.74) is 13.2. The van der Waals surface area contributed by atoms with Crippen LogP contribution < -0.4 is 0 Å². The zero-order valence-electron chi connectivity index (χ0n) is 34.2. The van der Waals surface area contributed by atoms with E-state index in [-0.39, 0.29) is 16.6 Å². The van der Waals surface area contributed by atoms with Crippen molar-refractivity contribution in [3.8, 4) is 56.3 Å². The molecule has 3 heterocycles. The van der Waals surface area contributed by atoms with Gasteiger partial charge in [0.2, 0.25) is 0 Å². The fourth-order valence-corrected chi connectivity index (χ4v) is 8.46. The van der Waals surface area contributed by atoms with Gasteiger partial charge in [-0.2, -0.15) is 0 Å². The van der Waals surface area contributed by atoms with Crippen molar-refractivity contribution >= 4 is 43.7 Å². The molecule has 0 unspecified atom stereocenters. The van der Waals surface area contributed by atoms with Crippen molar-refractivity contribution in [2.75, 3.05) is 0 Å². The summed E-state index contributed by atoms with van der Waals surface area (Å²) in [6, 6.07) is 52.7. The fraction of sp³-hybridized carbons (Fsp3) is 0.148. The molecule has 0 saturated heterocycles. The summed E-state index contributed by atoms with van der Waals surface area (Å²) >= 11 is 0. The first-order valence-electron chi connectivity index (χ1n) is 20.3. The number of phenols is 1. The molecule has 0 saturated carbocycles. The molecule has 0 atom stereocenters. The lowest BCUT2D eigenvalue weighted by Gasteiger charge is -2.23. The van der Waals surface area contributed by atoms with Crippen LogP contribution in [0.2, 0.25) is 0 Å². The van der Waals surface area contributed by atoms with Crippen LogP contribution in [0, 0.1) is 0 Å². The number of phenolic OH excluding ortho intramolecular Hbond substituents is 1. The second kappa shape index (κ2) is 13.6. The van der Waals surface area contributed by atoms with Crippen LogP contribution >= 0.6 is 0 Å². The average molecular weight is 768 g/mol. The molecule has 1 N–H and O–H groups in total. The van der Waals surface area contributed by atoms with E-state index < -0.39 is 0 Å². The van der Waals surface area contributed by atoms with Crippen LogP contribution in [-0.4, -0.2) is 19.6 Å². The monoisotopic (exact) mass is 767 g/mol. The first-order valence-corrected chi connectivity index (χ1v) is 20.3. The van der Waals surface area contributed by atoms with E-state index in [0.29, 0.717) is 11.4 Å². The summed E-state index contributed by atoms with van der Waals surface area (Å²) in [5.74, 6) is 0.840. The van der Waals surface area contributed by atoms with Gasteiger partial charge >= 0.3 is 0 Å². The largest absolute Gasteiger partial charge is 0.507 e. The zero-order valence-corrected chi connectivity index (χ0v) is 34.2. The molecule has 3 aromatic heterocycles. The topological polar surface area (TPSA) is 64.1 Å². The van der Waals surface area contributed by atoms with E-state index in [1.165, 1.54) is 11.1 Å². The Bertz CT molecular complexity index is 3250. The van der Waals surface area contributed by atoms with Crippen molar-refractivity contribution in [2.45, 2.75) is 52.4 Å². The van der Waals surface area contributed by atoms with E-state index in [4.69, 9.17) is 14.4 Å². The van der Waals surface area contributed by atoms with Crippen molar-refractivity contribution < 1.29 is 9.52 Å². The van der Waals surface area contributed by atoms with E-state index in [2.05, 4.69) is 174 Å². The number of aromatic nitrogens is 3. The molecule has 0 radical (unpaired) electrons. The second-order valence-corrected chi connectivity index (χ2v) is 17.7. The number of pyridine rings is 1. The first-order chi connectivity index (χ1) is 28.4. The number of hydrogen-bond donors (Lipinski definition) is 1. The summed E-state index contributed by atoms with van der Waals surface area (Å²) in [6.45, 7) is 13.5. The number of benzene rings is 7. The summed E-state index contributed by atoms with van der Waals surface area (Å²) < 4.78 is 9.02. The third-order valence-corrected chi connectivity index (χ3v) is 11.7. The van der Waals surface area contributed by atoms with Crippen LogP contribution in [0.3, 0.4) is 0 Å². The van der Waals surface area contributed by atoms with E-state index in [9.17, 15) is 5.11 Å². The number of fused-ring (bicyclic) bond motifs is 6. The molecule has 0 bridgehead atoms. The predicted octanol–water partition coefficient (Wildman–Crippen LogP) is 14.4. The number of furan rings is 1. The molecule has 0 aliphatic carbocycles. The van der Waals surface area contributed by atoms with Gasteiger partial charge in [-0.1, -0.05) is 139 Å². The van der Waals surface area contributed by atoms with Gasteiger partial charge < -0.3 is 9.52 Å². The maximum Gasteiger partial charge on any atom is 0.161 e. The molecular weight excluding hydrogens is 723 g/mol. The smallest absolute Gasteiger partial charge is 0.161 e. The lowest BCUT2D eigenvalue weighted by molar-refractivity contribution is 0.477. The Morgan fingerprint density at radius 1 is 0.525 bits per heavy atom. The Morgan fingerprint density at radius 2 is 1.24 bits per heavy atom. The van der Waals surface area contributed by atoms with E-state index in [1.54, 1.807) is 6.07 Å². The highest BCUT2D eigenvalue weighted by molar-refractivity contribution is 6.16. The maximum atomic E-state index is 11.4. The normalized spacial score (nSPS) is 12.3. The van der Waals surface area contributed by atoms with Crippen LogP contribution in [0.5, 0.6) is 5.75 Å². The number of imidazole rings is 1. The molecular formula is C54H45N3O2. The van der Waals surface area contributed by atoms with Crippen molar-refractivity contribution in [2.24, 2.45) is 0 Å². The molecule has 10 aromatic rings. The second-order valence-electron chi connectivity index (χ2n) is 17.7. The number of hydrogen-bond acceptors (Lipinski definition) is 4. The van der Waals surface area contributed by atoms with Gasteiger partial charge in [0.1, 0.15) is 22.9 Å². The lowest BCUT2D eigenvalue weighted by atomic mass is 9.83. The van der Waals surface area contributed by atoms with Gasteiger partial charge in [0, 0.05) is 39.0 Å². The van der Waals surface area contributed by atoms with Crippen molar-refractivity contribution in [1.82, 2.24) is 14.5 Å². The van der Waals surface area contributed by atoms with Gasteiger partial charge in [0.05, 0.1) is 22.3 Å². The van der Waals surface area contributed by atoms with Gasteiger partial charge in [0.25, 0.3) is 0 Å². The predicted molar refractivity (Wildman–Crippen MR) is 244 cm³/mol. The van der Waals surface area contributed by atoms with E-state index >= 15 is 0 Å². The number of rotatable bonds is 5. The molecule has 0 amide bonds. The Hall–Kier alpha value is -6.98. The first kappa shape index (κ1) is 36.4. The van der Waals surface area contributed by atoms with Gasteiger partial charge in [-0.15, -0.1) is 0 Å². The minimum atomic E-state index is -0.170. The van der Waals surface area contributed by atoms with Crippen molar-refractivity contribution in [1.29, 1.82) is 0 Å². The SMILES string of the molecule is CC(C)(C)c1cc(-c2cccc3c2nc(-c2ccccc2O)n3-c2ccc(C(C)(C)C)cc2-c2ccccc2)cc(-c2nccc3c2oc2c4ccccc4ccc32)c1. The van der Waals surface area contributed by atoms with Gasteiger partial charge in [-0.3, -0.25) is 9.55 Å². The zero-order chi connectivity index (χ0) is 40.6. The molecule has 5 nitrogen and oxygen atoms in total. The van der Waals surface area contributed by atoms with Gasteiger partial charge in [-0.25, -0.2) is 4.98 Å². The van der Waals surface area contributed by atoms with Crippen LogP contribution in [-0.2, 0) is 10.8 Å². The molecule has 0 fully saturated rings. The molecule has 0 aliphatic heterocycles. The highest BCUT2D eigenvalue weighted by Crippen LogP contribution is 2.44. The third-order valence-electron chi connectivity index (χ3n) is 11.7. The Morgan fingerprint density at radius 3 is 2.03 bits per heavy atom. The number of para-hydroxylation sites is 2. The minimum Gasteiger partial charge on any atom is -0.507 e. The molecule has 59 heavy (non-hydrogen) atoms. The fourth-order valence-electron chi connectivity index (χ4n) is 8.46. The standard InChI is InChI=1S/C54H45N3O2/c1-53(2,3)37-24-26-45(44(32-37)33-15-8-7-9-16-33)57-46-21-14-20-39(49(46)56-52(57)43-19-12-13-22-47(43)58)35-29-36(31-38(30-35)54(4,5)6)48-51-42(27-28-55-48)41-25-23-34-17-10-11-18-40(34)50(41)59-51/h7-32,58H,1-6H3. The Labute approximate surface area is 344 Å². The summed E-state index contributed by atoms with van der Waals surface area (Å²) in [4.78, 5) is 10.5. The van der Waals surface area contributed by atoms with Crippen molar-refractivity contribution in [3.63, 3.8) is 0 Å². The quantitative estimate of drug-likeness (QED) is 0.189. The Kier molecular flexibility index (Phi) is 8.36. The molecule has 7 aromatic carbocycles. The molecule has 5 heteroatoms. The molecule has 10 rings (SSSR count).